The van der Waals surface area contributed by atoms with Crippen molar-refractivity contribution in [3.05, 3.63) is 135 Å². The van der Waals surface area contributed by atoms with Crippen molar-refractivity contribution < 1.29 is 9.90 Å². The van der Waals surface area contributed by atoms with E-state index >= 15 is 0 Å². The van der Waals surface area contributed by atoms with Gasteiger partial charge in [0, 0.05) is 27.2 Å². The minimum absolute atomic E-state index is 0.00993. The average Bonchev–Trinajstić information content (AvgIpc) is 3.55. The molecule has 0 saturated heterocycles. The lowest BCUT2D eigenvalue weighted by molar-refractivity contribution is -0.113. The fourth-order valence-corrected chi connectivity index (χ4v) is 6.63. The van der Waals surface area contributed by atoms with E-state index in [1.54, 1.807) is 6.92 Å². The number of aromatic amines is 1. The number of aliphatic hydroxyl groups excluding tert-OH is 1. The molecule has 214 valence electrons. The highest BCUT2D eigenvalue weighted by molar-refractivity contribution is 6.16. The summed E-state index contributed by atoms with van der Waals surface area (Å²) in [5, 5.41) is 26.5. The van der Waals surface area contributed by atoms with Crippen molar-refractivity contribution in [2.45, 2.75) is 47.5 Å². The number of H-pyrrole nitrogens is 1. The van der Waals surface area contributed by atoms with Gasteiger partial charge in [0.1, 0.15) is 5.76 Å². The number of aryl methyl sites for hydroxylation is 3. The quantitative estimate of drug-likeness (QED) is 0.109. The number of ketones is 1. The van der Waals surface area contributed by atoms with Crippen LogP contribution in [-0.2, 0) is 4.79 Å². The minimum Gasteiger partial charge on any atom is -0.512 e. The molecule has 1 aromatic heterocycles. The van der Waals surface area contributed by atoms with Gasteiger partial charge in [-0.25, -0.2) is 0 Å². The molecule has 3 N–H and O–H groups in total. The Balaban J connectivity index is 1.46. The molecule has 1 heterocycles. The van der Waals surface area contributed by atoms with Gasteiger partial charge in [-0.3, -0.25) is 4.79 Å². The molecule has 0 radical (unpaired) electrons. The van der Waals surface area contributed by atoms with E-state index < -0.39 is 0 Å². The lowest BCUT2D eigenvalue weighted by atomic mass is 9.92. The number of fused-ring (bicyclic) bond motifs is 1. The van der Waals surface area contributed by atoms with Crippen LogP contribution in [0.4, 0.5) is 0 Å². The Bertz CT molecular complexity index is 2160. The van der Waals surface area contributed by atoms with Crippen LogP contribution < -0.4 is 5.35 Å². The monoisotopic (exact) mass is 564 g/mol. The van der Waals surface area contributed by atoms with Gasteiger partial charge in [0.25, 0.3) is 0 Å². The van der Waals surface area contributed by atoms with Gasteiger partial charge in [-0.15, -0.1) is 0 Å². The molecular weight excluding hydrogens is 528 g/mol. The highest BCUT2D eigenvalue weighted by atomic mass is 16.3. The number of rotatable bonds is 6. The molecule has 0 aliphatic heterocycles. The maximum absolute atomic E-state index is 12.8. The maximum Gasteiger partial charge on any atom is 0.163 e. The number of Topliss-reactive ketones (excluding diaryl/α,β-unsaturated/α-hetero) is 1. The van der Waals surface area contributed by atoms with Gasteiger partial charge in [-0.05, 0) is 115 Å². The van der Waals surface area contributed by atoms with Gasteiger partial charge in [-0.2, -0.15) is 0 Å². The largest absolute Gasteiger partial charge is 0.512 e. The summed E-state index contributed by atoms with van der Waals surface area (Å²) in [5.74, 6) is -0.168. The van der Waals surface area contributed by atoms with Gasteiger partial charge in [0.15, 0.2) is 5.78 Å². The Morgan fingerprint density at radius 1 is 0.814 bits per heavy atom. The molecule has 4 heteroatoms. The molecule has 0 bridgehead atoms. The third kappa shape index (κ3) is 4.93. The Kier molecular flexibility index (Phi) is 7.23. The van der Waals surface area contributed by atoms with Crippen LogP contribution in [0.1, 0.15) is 48.9 Å². The summed E-state index contributed by atoms with van der Waals surface area (Å²) < 4.78 is 0. The second-order valence-corrected chi connectivity index (χ2v) is 11.6. The first-order valence-electron chi connectivity index (χ1n) is 14.8. The summed E-state index contributed by atoms with van der Waals surface area (Å²) >= 11 is 0. The number of carbonyl (C=O) groups is 1. The average molecular weight is 565 g/mol. The number of nitrogens with one attached hydrogen (secondary N) is 2. The SMILES string of the molecule is CC(=O)C(=C(C)O)C1=C(C=CC(=N)c2cccc3c(C)ccc(C)c23)CC/C1=C\C=c1\[nH]c2ccc(C)c3cccc1c23. The Morgan fingerprint density at radius 2 is 1.47 bits per heavy atom. The zero-order valence-corrected chi connectivity index (χ0v) is 25.4. The molecule has 4 nitrogen and oxygen atoms in total. The normalized spacial score (nSPS) is 16.0. The molecular formula is C39H36N2O2. The molecule has 4 aromatic carbocycles. The third-order valence-corrected chi connectivity index (χ3v) is 8.75. The Morgan fingerprint density at radius 3 is 2.19 bits per heavy atom. The van der Waals surface area contributed by atoms with E-state index in [1.807, 2.05) is 24.3 Å². The van der Waals surface area contributed by atoms with Crippen molar-refractivity contribution in [1.82, 2.24) is 4.98 Å². The summed E-state index contributed by atoms with van der Waals surface area (Å²) in [7, 11) is 0. The topological polar surface area (TPSA) is 76.9 Å². The summed E-state index contributed by atoms with van der Waals surface area (Å²) in [6.07, 6.45) is 9.39. The number of allylic oxidation sites excluding steroid dienone is 8. The van der Waals surface area contributed by atoms with Crippen molar-refractivity contribution in [3.63, 3.8) is 0 Å². The summed E-state index contributed by atoms with van der Waals surface area (Å²) in [5.41, 5.74) is 9.01. The predicted molar refractivity (Wildman–Crippen MR) is 180 cm³/mol. The van der Waals surface area contributed by atoms with Crippen LogP contribution in [0.5, 0.6) is 0 Å². The van der Waals surface area contributed by atoms with E-state index in [0.717, 1.165) is 61.3 Å². The fourth-order valence-electron chi connectivity index (χ4n) is 6.63. The molecule has 5 aromatic rings. The van der Waals surface area contributed by atoms with E-state index in [2.05, 4.69) is 86.4 Å². The molecule has 1 aliphatic carbocycles. The second kappa shape index (κ2) is 11.0. The summed E-state index contributed by atoms with van der Waals surface area (Å²) in [6, 6.07) is 21.0. The number of hydrogen-bond donors (Lipinski definition) is 3. The molecule has 0 atom stereocenters. The van der Waals surface area contributed by atoms with Gasteiger partial charge in [-0.1, -0.05) is 66.7 Å². The van der Waals surface area contributed by atoms with Crippen LogP contribution in [0.3, 0.4) is 0 Å². The molecule has 0 amide bonds. The van der Waals surface area contributed by atoms with Crippen LogP contribution in [0.15, 0.2) is 107 Å². The lowest BCUT2D eigenvalue weighted by Gasteiger charge is -2.12. The Hall–Kier alpha value is -4.96. The number of benzene rings is 4. The maximum atomic E-state index is 12.8. The molecule has 0 unspecified atom stereocenters. The van der Waals surface area contributed by atoms with E-state index in [9.17, 15) is 9.90 Å². The molecule has 6 rings (SSSR count). The minimum atomic E-state index is -0.178. The molecule has 43 heavy (non-hydrogen) atoms. The summed E-state index contributed by atoms with van der Waals surface area (Å²) in [6.45, 7) is 9.38. The Labute approximate surface area is 251 Å². The van der Waals surface area contributed by atoms with Crippen LogP contribution in [-0.4, -0.2) is 21.6 Å². The molecule has 0 fully saturated rings. The molecule has 0 spiro atoms. The molecule has 1 aliphatic rings. The number of aliphatic hydroxyl groups is 1. The first kappa shape index (κ1) is 28.2. The van der Waals surface area contributed by atoms with E-state index in [0.29, 0.717) is 17.7 Å². The van der Waals surface area contributed by atoms with Crippen LogP contribution in [0, 0.1) is 26.2 Å². The second-order valence-electron chi connectivity index (χ2n) is 11.6. The van der Waals surface area contributed by atoms with Gasteiger partial charge >= 0.3 is 0 Å². The van der Waals surface area contributed by atoms with E-state index in [1.165, 1.54) is 28.8 Å². The fraction of sp³-hybridized carbons (Fsp3) is 0.179. The van der Waals surface area contributed by atoms with Gasteiger partial charge in [0.2, 0.25) is 0 Å². The predicted octanol–water partition coefficient (Wildman–Crippen LogP) is 8.96. The van der Waals surface area contributed by atoms with Crippen LogP contribution in [0.25, 0.3) is 38.5 Å². The van der Waals surface area contributed by atoms with Crippen molar-refractivity contribution in [2.24, 2.45) is 0 Å². The first-order valence-corrected chi connectivity index (χ1v) is 14.8. The van der Waals surface area contributed by atoms with Crippen LogP contribution >= 0.6 is 0 Å². The van der Waals surface area contributed by atoms with Crippen molar-refractivity contribution in [2.75, 3.05) is 0 Å². The van der Waals surface area contributed by atoms with Gasteiger partial charge < -0.3 is 15.5 Å². The van der Waals surface area contributed by atoms with E-state index in [-0.39, 0.29) is 11.5 Å². The van der Waals surface area contributed by atoms with Crippen molar-refractivity contribution in [3.8, 4) is 0 Å². The van der Waals surface area contributed by atoms with E-state index in [4.69, 9.17) is 5.41 Å². The zero-order chi connectivity index (χ0) is 30.4. The number of carbonyl (C=O) groups excluding carboxylic acids is 1. The zero-order valence-electron chi connectivity index (χ0n) is 25.4. The summed E-state index contributed by atoms with van der Waals surface area (Å²) in [4.78, 5) is 16.4. The van der Waals surface area contributed by atoms with Crippen molar-refractivity contribution in [1.29, 1.82) is 5.41 Å². The molecule has 0 saturated carbocycles. The number of aromatic nitrogens is 1. The standard InChI is InChI=1S/C39H36N2O2/c1-22-12-13-24(3)36-29(22)8-6-10-31(36)33(40)19-17-27-15-16-28(38(27)37(25(4)42)26(5)43)18-21-34-32-11-7-9-30-23(2)14-20-35(41-34)39(30)32/h6-14,17-21,40-42H,15-16H2,1-5H3/b19-17?,28-18+,34-21+,37-25?,40-33?. The lowest BCUT2D eigenvalue weighted by Crippen LogP contribution is -2.06. The third-order valence-electron chi connectivity index (χ3n) is 8.75. The van der Waals surface area contributed by atoms with Gasteiger partial charge in [0.05, 0.1) is 11.3 Å². The highest BCUT2D eigenvalue weighted by Crippen LogP contribution is 2.39. The highest BCUT2D eigenvalue weighted by Gasteiger charge is 2.25. The van der Waals surface area contributed by atoms with Crippen LogP contribution in [0.2, 0.25) is 0 Å². The smallest absolute Gasteiger partial charge is 0.163 e. The number of hydrogen-bond acceptors (Lipinski definition) is 3. The van der Waals surface area contributed by atoms with Crippen molar-refractivity contribution >= 4 is 50.0 Å². The first-order chi connectivity index (χ1) is 20.7.